The Morgan fingerprint density at radius 2 is 1.93 bits per heavy atom. The number of amides is 1. The second-order valence-electron chi connectivity index (χ2n) is 8.29. The molecule has 0 aromatic carbocycles. The maximum atomic E-state index is 12.2. The normalized spacial score (nSPS) is 18.4. The van der Waals surface area contributed by atoms with Crippen LogP contribution in [0, 0.1) is 5.92 Å². The number of pyridine rings is 2. The van der Waals surface area contributed by atoms with Gasteiger partial charge < -0.3 is 14.7 Å². The summed E-state index contributed by atoms with van der Waals surface area (Å²) in [7, 11) is 0. The van der Waals surface area contributed by atoms with Crippen LogP contribution in [-0.2, 0) is 10.3 Å². The highest BCUT2D eigenvalue weighted by molar-refractivity contribution is 6.29. The van der Waals surface area contributed by atoms with Crippen LogP contribution < -0.4 is 0 Å². The first-order valence-corrected chi connectivity index (χ1v) is 9.57. The van der Waals surface area contributed by atoms with E-state index in [-0.39, 0.29) is 12.0 Å². The molecule has 1 amide bonds. The van der Waals surface area contributed by atoms with E-state index in [1.54, 1.807) is 24.1 Å². The number of nitrogens with zero attached hydrogens (tertiary/aromatic N) is 3. The average molecular weight is 392 g/mol. The summed E-state index contributed by atoms with van der Waals surface area (Å²) in [6, 6.07) is 5.42. The molecule has 3 heterocycles. The Kier molecular flexibility index (Phi) is 5.32. The molecule has 2 aromatic heterocycles. The summed E-state index contributed by atoms with van der Waals surface area (Å²) in [5.41, 5.74) is -0.291. The van der Waals surface area contributed by atoms with E-state index in [1.807, 2.05) is 32.9 Å². The molecule has 0 spiro atoms. The molecule has 1 aliphatic heterocycles. The lowest BCUT2D eigenvalue weighted by molar-refractivity contribution is -0.0409. The van der Waals surface area contributed by atoms with E-state index in [9.17, 15) is 9.90 Å². The van der Waals surface area contributed by atoms with Crippen LogP contribution in [-0.4, -0.2) is 44.8 Å². The number of carbonyl (C=O) groups excluding carboxylic acids is 1. The maximum Gasteiger partial charge on any atom is 0.410 e. The van der Waals surface area contributed by atoms with E-state index in [2.05, 4.69) is 9.97 Å². The van der Waals surface area contributed by atoms with Crippen LogP contribution in [0.5, 0.6) is 0 Å². The Labute approximate surface area is 164 Å². The van der Waals surface area contributed by atoms with E-state index in [0.717, 1.165) is 5.39 Å². The van der Waals surface area contributed by atoms with Crippen molar-refractivity contribution in [1.82, 2.24) is 14.9 Å². The zero-order valence-electron chi connectivity index (χ0n) is 16.2. The largest absolute Gasteiger partial charge is 0.444 e. The van der Waals surface area contributed by atoms with Gasteiger partial charge in [-0.3, -0.25) is 0 Å². The summed E-state index contributed by atoms with van der Waals surface area (Å²) in [6.45, 7) is 8.47. The van der Waals surface area contributed by atoms with Crippen molar-refractivity contribution < 1.29 is 14.6 Å². The standard InChI is InChI=1S/C20H26ClN3O3/c1-19(2,3)27-18(25)24-9-7-14(8-10-24)20(4,26)16-6-5-13-12-22-17(21)11-15(13)23-16/h5-6,11-12,14,26H,7-10H2,1-4H3/t20-/m0/s1. The van der Waals surface area contributed by atoms with Gasteiger partial charge in [-0.05, 0) is 58.6 Å². The number of halogens is 1. The van der Waals surface area contributed by atoms with Gasteiger partial charge in [0.25, 0.3) is 0 Å². The second kappa shape index (κ2) is 7.24. The Morgan fingerprint density at radius 1 is 1.26 bits per heavy atom. The fourth-order valence-electron chi connectivity index (χ4n) is 3.43. The third kappa shape index (κ3) is 4.50. The molecule has 1 fully saturated rings. The van der Waals surface area contributed by atoms with Gasteiger partial charge in [-0.1, -0.05) is 11.6 Å². The minimum Gasteiger partial charge on any atom is -0.444 e. The molecule has 2 aromatic rings. The number of carbonyl (C=O) groups is 1. The Balaban J connectivity index is 1.72. The van der Waals surface area contributed by atoms with Crippen molar-refractivity contribution in [2.75, 3.05) is 13.1 Å². The highest BCUT2D eigenvalue weighted by Crippen LogP contribution is 2.36. The van der Waals surface area contributed by atoms with Gasteiger partial charge in [-0.2, -0.15) is 0 Å². The molecule has 7 heteroatoms. The molecular weight excluding hydrogens is 366 g/mol. The van der Waals surface area contributed by atoms with E-state index in [4.69, 9.17) is 16.3 Å². The number of piperidine rings is 1. The molecule has 3 rings (SSSR count). The van der Waals surface area contributed by atoms with Crippen molar-refractivity contribution in [2.24, 2.45) is 5.92 Å². The molecule has 1 N–H and O–H groups in total. The first-order valence-electron chi connectivity index (χ1n) is 9.19. The number of hydrogen-bond donors (Lipinski definition) is 1. The lowest BCUT2D eigenvalue weighted by atomic mass is 9.79. The number of hydrogen-bond acceptors (Lipinski definition) is 5. The van der Waals surface area contributed by atoms with Gasteiger partial charge in [0, 0.05) is 30.7 Å². The fourth-order valence-corrected chi connectivity index (χ4v) is 3.59. The predicted molar refractivity (Wildman–Crippen MR) is 105 cm³/mol. The van der Waals surface area contributed by atoms with Crippen LogP contribution in [0.15, 0.2) is 24.4 Å². The van der Waals surface area contributed by atoms with Crippen molar-refractivity contribution >= 4 is 28.6 Å². The number of aromatic nitrogens is 2. The number of fused-ring (bicyclic) bond motifs is 1. The summed E-state index contributed by atoms with van der Waals surface area (Å²) < 4.78 is 5.44. The third-order valence-corrected chi connectivity index (χ3v) is 5.21. The first kappa shape index (κ1) is 19.8. The van der Waals surface area contributed by atoms with E-state index in [1.165, 1.54) is 0 Å². The molecule has 0 aliphatic carbocycles. The van der Waals surface area contributed by atoms with Gasteiger partial charge in [0.1, 0.15) is 16.4 Å². The van der Waals surface area contributed by atoms with Gasteiger partial charge in [0.05, 0.1) is 11.2 Å². The van der Waals surface area contributed by atoms with Crippen LogP contribution in [0.1, 0.15) is 46.2 Å². The summed E-state index contributed by atoms with van der Waals surface area (Å²) in [6.07, 6.45) is 2.74. The zero-order chi connectivity index (χ0) is 19.8. The maximum absolute atomic E-state index is 12.2. The van der Waals surface area contributed by atoms with E-state index < -0.39 is 11.2 Å². The van der Waals surface area contributed by atoms with Crippen LogP contribution in [0.25, 0.3) is 10.9 Å². The quantitative estimate of drug-likeness (QED) is 0.778. The number of likely N-dealkylation sites (tertiary alicyclic amines) is 1. The van der Waals surface area contributed by atoms with Gasteiger partial charge in [-0.15, -0.1) is 0 Å². The molecular formula is C20H26ClN3O3. The van der Waals surface area contributed by atoms with E-state index >= 15 is 0 Å². The molecule has 146 valence electrons. The summed E-state index contributed by atoms with van der Waals surface area (Å²) in [5, 5.41) is 12.5. The second-order valence-corrected chi connectivity index (χ2v) is 8.67. The monoisotopic (exact) mass is 391 g/mol. The molecule has 0 saturated carbocycles. The zero-order valence-corrected chi connectivity index (χ0v) is 17.0. The molecule has 6 nitrogen and oxygen atoms in total. The molecule has 0 unspecified atom stereocenters. The first-order chi connectivity index (χ1) is 12.6. The van der Waals surface area contributed by atoms with Crippen molar-refractivity contribution in [3.05, 3.63) is 35.2 Å². The molecule has 0 bridgehead atoms. The van der Waals surface area contributed by atoms with Crippen molar-refractivity contribution in [1.29, 1.82) is 0 Å². The molecule has 0 radical (unpaired) electrons. The minimum atomic E-state index is -1.09. The van der Waals surface area contributed by atoms with Crippen LogP contribution in [0.3, 0.4) is 0 Å². The average Bonchev–Trinajstić information content (AvgIpc) is 2.59. The van der Waals surface area contributed by atoms with Crippen LogP contribution in [0.2, 0.25) is 5.15 Å². The molecule has 1 saturated heterocycles. The molecule has 27 heavy (non-hydrogen) atoms. The van der Waals surface area contributed by atoms with E-state index in [0.29, 0.717) is 42.3 Å². The Morgan fingerprint density at radius 3 is 2.56 bits per heavy atom. The number of rotatable bonds is 2. The third-order valence-electron chi connectivity index (χ3n) is 5.00. The minimum absolute atomic E-state index is 0.00144. The lowest BCUT2D eigenvalue weighted by Crippen LogP contribution is -2.46. The SMILES string of the molecule is CC(C)(C)OC(=O)N1CCC([C@](C)(O)c2ccc3cnc(Cl)cc3n2)CC1. The summed E-state index contributed by atoms with van der Waals surface area (Å²) in [4.78, 5) is 22.6. The van der Waals surface area contributed by atoms with Crippen molar-refractivity contribution in [3.8, 4) is 0 Å². The van der Waals surface area contributed by atoms with Crippen LogP contribution in [0.4, 0.5) is 4.79 Å². The topological polar surface area (TPSA) is 75.5 Å². The fraction of sp³-hybridized carbons (Fsp3) is 0.550. The van der Waals surface area contributed by atoms with Gasteiger partial charge in [-0.25, -0.2) is 14.8 Å². The number of aliphatic hydroxyl groups is 1. The Hall–Kier alpha value is -1.92. The summed E-state index contributed by atoms with van der Waals surface area (Å²) >= 11 is 5.96. The lowest BCUT2D eigenvalue weighted by Gasteiger charge is -2.39. The number of ether oxygens (including phenoxy) is 1. The highest BCUT2D eigenvalue weighted by atomic mass is 35.5. The van der Waals surface area contributed by atoms with Gasteiger partial charge in [0.2, 0.25) is 0 Å². The van der Waals surface area contributed by atoms with Crippen molar-refractivity contribution in [2.45, 2.75) is 51.7 Å². The van der Waals surface area contributed by atoms with Crippen molar-refractivity contribution in [3.63, 3.8) is 0 Å². The predicted octanol–water partition coefficient (Wildman–Crippen LogP) is 4.14. The molecule has 1 aliphatic rings. The highest BCUT2D eigenvalue weighted by Gasteiger charge is 2.38. The van der Waals surface area contributed by atoms with Crippen LogP contribution >= 0.6 is 11.6 Å². The van der Waals surface area contributed by atoms with Gasteiger partial charge >= 0.3 is 6.09 Å². The summed E-state index contributed by atoms with van der Waals surface area (Å²) in [5.74, 6) is -0.00144. The van der Waals surface area contributed by atoms with Gasteiger partial charge in [0.15, 0.2) is 0 Å². The smallest absolute Gasteiger partial charge is 0.410 e. The molecule has 1 atom stereocenters. The Bertz CT molecular complexity index is 840.